The Labute approximate surface area is 125 Å². The number of hydrogen-bond donors (Lipinski definition) is 2. The zero-order chi connectivity index (χ0) is 13.1. The summed E-state index contributed by atoms with van der Waals surface area (Å²) in [7, 11) is 0. The predicted octanol–water partition coefficient (Wildman–Crippen LogP) is 2.68. The van der Waals surface area contributed by atoms with Crippen LogP contribution in [-0.4, -0.2) is 16.1 Å². The van der Waals surface area contributed by atoms with Crippen molar-refractivity contribution in [1.29, 1.82) is 0 Å². The number of carbonyl (C=O) groups is 1. The van der Waals surface area contributed by atoms with Crippen LogP contribution in [0.1, 0.15) is 10.5 Å². The van der Waals surface area contributed by atoms with Crippen LogP contribution in [0.2, 0.25) is 0 Å². The molecule has 0 fully saturated rings. The summed E-state index contributed by atoms with van der Waals surface area (Å²) < 4.78 is 1.99. The van der Waals surface area contributed by atoms with Gasteiger partial charge in [-0.1, -0.05) is 0 Å². The van der Waals surface area contributed by atoms with Crippen molar-refractivity contribution in [3.63, 3.8) is 0 Å². The number of rotatable bonds is 2. The van der Waals surface area contributed by atoms with Gasteiger partial charge in [0.15, 0.2) is 5.69 Å². The molecule has 0 unspecified atom stereocenters. The van der Waals surface area contributed by atoms with Gasteiger partial charge >= 0.3 is 0 Å². The first-order valence-corrected chi connectivity index (χ1v) is 6.79. The normalized spacial score (nSPS) is 10.1. The molecule has 0 saturated carbocycles. The van der Waals surface area contributed by atoms with Gasteiger partial charge in [0, 0.05) is 13.7 Å². The van der Waals surface area contributed by atoms with Gasteiger partial charge in [0.05, 0.1) is 0 Å². The van der Waals surface area contributed by atoms with Crippen LogP contribution in [0.15, 0.2) is 34.8 Å². The summed E-state index contributed by atoms with van der Waals surface area (Å²) in [6.45, 7) is 0. The molecule has 1 aromatic heterocycles. The molecule has 0 atom stereocenters. The first-order chi connectivity index (χ1) is 8.56. The first kappa shape index (κ1) is 13.2. The second kappa shape index (κ2) is 5.61. The number of amides is 1. The van der Waals surface area contributed by atoms with E-state index in [-0.39, 0.29) is 17.4 Å². The largest absolute Gasteiger partial charge is 0.382 e. The number of aromatic nitrogens is 2. The topological polar surface area (TPSA) is 80.9 Å². The van der Waals surface area contributed by atoms with Crippen molar-refractivity contribution in [3.8, 4) is 0 Å². The fraction of sp³-hybridized carbons (Fsp3) is 0. The highest BCUT2D eigenvalue weighted by Crippen LogP contribution is 2.22. The molecule has 2 aromatic rings. The molecule has 3 N–H and O–H groups in total. The number of nitrogens with two attached hydrogens (primary N) is 1. The number of benzene rings is 1. The van der Waals surface area contributed by atoms with Gasteiger partial charge in [-0.15, -0.1) is 10.2 Å². The average Bonchev–Trinajstić information content (AvgIpc) is 2.34. The lowest BCUT2D eigenvalue weighted by Crippen LogP contribution is -2.14. The van der Waals surface area contributed by atoms with Gasteiger partial charge in [0.2, 0.25) is 0 Å². The summed E-state index contributed by atoms with van der Waals surface area (Å²) in [6.07, 6.45) is 0. The van der Waals surface area contributed by atoms with Crippen molar-refractivity contribution in [2.45, 2.75) is 0 Å². The Balaban J connectivity index is 2.16. The van der Waals surface area contributed by atoms with Gasteiger partial charge in [-0.05, 0) is 68.9 Å². The average molecular weight is 419 g/mol. The van der Waals surface area contributed by atoms with Gasteiger partial charge in [-0.25, -0.2) is 0 Å². The van der Waals surface area contributed by atoms with Gasteiger partial charge in [0.25, 0.3) is 5.91 Å². The highest BCUT2D eigenvalue weighted by Gasteiger charge is 2.08. The van der Waals surface area contributed by atoms with Crippen LogP contribution in [0.25, 0.3) is 0 Å². The summed E-state index contributed by atoms with van der Waals surface area (Å²) in [6, 6.07) is 8.59. The van der Waals surface area contributed by atoms with E-state index in [0.717, 1.165) is 8.04 Å². The molecule has 18 heavy (non-hydrogen) atoms. The molecule has 0 aliphatic carbocycles. The second-order valence-corrected chi connectivity index (χ2v) is 5.44. The minimum Gasteiger partial charge on any atom is -0.382 e. The molecule has 1 heterocycles. The molecule has 5 nitrogen and oxygen atoms in total. The summed E-state index contributed by atoms with van der Waals surface area (Å²) in [4.78, 5) is 11.9. The Bertz CT molecular complexity index is 588. The summed E-state index contributed by atoms with van der Waals surface area (Å²) >= 11 is 5.57. The minimum absolute atomic E-state index is 0.224. The van der Waals surface area contributed by atoms with Crippen LogP contribution >= 0.6 is 38.5 Å². The predicted molar refractivity (Wildman–Crippen MR) is 81.3 cm³/mol. The minimum atomic E-state index is -0.319. The van der Waals surface area contributed by atoms with E-state index in [1.165, 1.54) is 12.1 Å². The van der Waals surface area contributed by atoms with E-state index in [0.29, 0.717) is 5.69 Å². The van der Waals surface area contributed by atoms with Gasteiger partial charge in [-0.3, -0.25) is 4.79 Å². The molecule has 0 bridgehead atoms. The molecule has 0 saturated heterocycles. The second-order valence-electron chi connectivity index (χ2n) is 3.43. The number of nitrogen functional groups attached to an aromatic ring is 1. The zero-order valence-electron chi connectivity index (χ0n) is 9.02. The number of nitrogens with zero attached hydrogens (tertiary/aromatic N) is 2. The Kier molecular flexibility index (Phi) is 4.12. The number of hydrogen-bond acceptors (Lipinski definition) is 4. The standard InChI is InChI=1S/C11H8BrIN4O/c12-7-2-1-6(5-8(7)13)15-11(18)9-3-4-10(14)17-16-9/h1-5H,(H2,14,17)(H,15,18). The van der Waals surface area contributed by atoms with E-state index in [1.807, 2.05) is 12.1 Å². The third-order valence-electron chi connectivity index (χ3n) is 2.10. The summed E-state index contributed by atoms with van der Waals surface area (Å²) in [5, 5.41) is 10.1. The Morgan fingerprint density at radius 1 is 1.28 bits per heavy atom. The van der Waals surface area contributed by atoms with Gasteiger partial charge in [0.1, 0.15) is 5.82 Å². The monoisotopic (exact) mass is 418 g/mol. The number of anilines is 2. The van der Waals surface area contributed by atoms with Gasteiger partial charge < -0.3 is 11.1 Å². The van der Waals surface area contributed by atoms with Crippen molar-refractivity contribution >= 4 is 55.9 Å². The number of carbonyl (C=O) groups excluding carboxylic acids is 1. The number of halogens is 2. The van der Waals surface area contributed by atoms with E-state index in [1.54, 1.807) is 6.07 Å². The van der Waals surface area contributed by atoms with Crippen LogP contribution in [0.3, 0.4) is 0 Å². The highest BCUT2D eigenvalue weighted by molar-refractivity contribution is 14.1. The van der Waals surface area contributed by atoms with E-state index in [9.17, 15) is 4.79 Å². The molecule has 1 aromatic carbocycles. The van der Waals surface area contributed by atoms with Crippen molar-refractivity contribution in [1.82, 2.24) is 10.2 Å². The Morgan fingerprint density at radius 2 is 2.06 bits per heavy atom. The summed E-state index contributed by atoms with van der Waals surface area (Å²) in [5.74, 6) is -0.0367. The van der Waals surface area contributed by atoms with Crippen molar-refractivity contribution in [2.24, 2.45) is 0 Å². The van der Waals surface area contributed by atoms with E-state index in [2.05, 4.69) is 54.0 Å². The summed E-state index contributed by atoms with van der Waals surface area (Å²) in [5.41, 5.74) is 6.33. The zero-order valence-corrected chi connectivity index (χ0v) is 12.8. The molecular formula is C11H8BrIN4O. The van der Waals surface area contributed by atoms with E-state index < -0.39 is 0 Å². The van der Waals surface area contributed by atoms with Crippen molar-refractivity contribution in [2.75, 3.05) is 11.1 Å². The highest BCUT2D eigenvalue weighted by atomic mass is 127. The molecule has 0 spiro atoms. The molecule has 0 aliphatic heterocycles. The molecular weight excluding hydrogens is 411 g/mol. The molecule has 0 aliphatic rings. The molecule has 0 radical (unpaired) electrons. The van der Waals surface area contributed by atoms with Gasteiger partial charge in [-0.2, -0.15) is 0 Å². The number of nitrogens with one attached hydrogen (secondary N) is 1. The lowest BCUT2D eigenvalue weighted by atomic mass is 10.3. The quantitative estimate of drug-likeness (QED) is 0.734. The Hall–Kier alpha value is -1.22. The first-order valence-electron chi connectivity index (χ1n) is 4.92. The molecule has 92 valence electrons. The van der Waals surface area contributed by atoms with E-state index >= 15 is 0 Å². The smallest absolute Gasteiger partial charge is 0.276 e. The fourth-order valence-electron chi connectivity index (χ4n) is 1.23. The van der Waals surface area contributed by atoms with Crippen LogP contribution < -0.4 is 11.1 Å². The van der Waals surface area contributed by atoms with Crippen molar-refractivity contribution < 1.29 is 4.79 Å². The lowest BCUT2D eigenvalue weighted by Gasteiger charge is -2.05. The SMILES string of the molecule is Nc1ccc(C(=O)Nc2ccc(Br)c(I)c2)nn1. The van der Waals surface area contributed by atoms with Crippen LogP contribution in [-0.2, 0) is 0 Å². The lowest BCUT2D eigenvalue weighted by molar-refractivity contribution is 0.102. The molecule has 2 rings (SSSR count). The maximum Gasteiger partial charge on any atom is 0.276 e. The Morgan fingerprint density at radius 3 is 2.67 bits per heavy atom. The van der Waals surface area contributed by atoms with Crippen LogP contribution in [0.4, 0.5) is 11.5 Å². The third kappa shape index (κ3) is 3.16. The van der Waals surface area contributed by atoms with E-state index in [4.69, 9.17) is 5.73 Å². The maximum atomic E-state index is 11.9. The maximum absolute atomic E-state index is 11.9. The van der Waals surface area contributed by atoms with Crippen LogP contribution in [0, 0.1) is 3.57 Å². The molecule has 7 heteroatoms. The van der Waals surface area contributed by atoms with Crippen molar-refractivity contribution in [3.05, 3.63) is 44.1 Å². The fourth-order valence-corrected chi connectivity index (χ4v) is 1.99. The van der Waals surface area contributed by atoms with Crippen LogP contribution in [0.5, 0.6) is 0 Å². The molecule has 1 amide bonds. The third-order valence-corrected chi connectivity index (χ3v) is 4.42.